The highest BCUT2D eigenvalue weighted by Gasteiger charge is 2.29. The molecule has 3 aromatic rings. The molecule has 0 aliphatic heterocycles. The van der Waals surface area contributed by atoms with Crippen molar-refractivity contribution >= 4 is 33.7 Å². The van der Waals surface area contributed by atoms with E-state index in [4.69, 9.17) is 9.47 Å². The minimum absolute atomic E-state index is 0.135. The number of sulfonamides is 1. The Hall–Kier alpha value is -4.38. The van der Waals surface area contributed by atoms with Crippen molar-refractivity contribution in [3.63, 3.8) is 0 Å². The number of hydrogen-bond donors (Lipinski definition) is 2. The Morgan fingerprint density at radius 3 is 2.12 bits per heavy atom. The third kappa shape index (κ3) is 8.84. The van der Waals surface area contributed by atoms with Gasteiger partial charge in [-0.1, -0.05) is 30.3 Å². The van der Waals surface area contributed by atoms with E-state index >= 15 is 0 Å². The maximum Gasteiger partial charge on any atom is 0.263 e. The first-order chi connectivity index (χ1) is 19.1. The van der Waals surface area contributed by atoms with Crippen LogP contribution in [0.2, 0.25) is 0 Å². The van der Waals surface area contributed by atoms with Crippen molar-refractivity contribution in [2.24, 2.45) is 5.10 Å². The van der Waals surface area contributed by atoms with Crippen molar-refractivity contribution in [1.82, 2.24) is 10.7 Å². The fraction of sp³-hybridized carbons (Fsp3) is 0.276. The Balaban J connectivity index is 1.52. The van der Waals surface area contributed by atoms with Crippen molar-refractivity contribution in [2.45, 2.75) is 32.9 Å². The Labute approximate surface area is 235 Å². The number of ether oxygens (including phenoxy) is 2. The van der Waals surface area contributed by atoms with Crippen LogP contribution in [0.25, 0.3) is 0 Å². The van der Waals surface area contributed by atoms with E-state index in [-0.39, 0.29) is 18.6 Å². The minimum Gasteiger partial charge on any atom is -0.494 e. The van der Waals surface area contributed by atoms with E-state index in [2.05, 4.69) is 15.8 Å². The Morgan fingerprint density at radius 1 is 0.925 bits per heavy atom. The predicted molar refractivity (Wildman–Crippen MR) is 155 cm³/mol. The molecule has 0 unspecified atom stereocenters. The summed E-state index contributed by atoms with van der Waals surface area (Å²) >= 11 is 0. The van der Waals surface area contributed by atoms with Gasteiger partial charge in [-0.05, 0) is 80.4 Å². The second-order valence-electron chi connectivity index (χ2n) is 8.95. The SMILES string of the molecule is CCOc1ccc(N([C@H](C)C(=O)N/N=C\c2ccc(OCC(=O)N[C@@H](C)c3ccccc3)cc2)S(C)(=O)=O)cc1. The molecule has 10 nitrogen and oxygen atoms in total. The highest BCUT2D eigenvalue weighted by molar-refractivity contribution is 7.92. The highest BCUT2D eigenvalue weighted by atomic mass is 32.2. The third-order valence-electron chi connectivity index (χ3n) is 5.81. The molecular formula is C29H34N4O6S. The van der Waals surface area contributed by atoms with Gasteiger partial charge in [-0.3, -0.25) is 13.9 Å². The zero-order valence-corrected chi connectivity index (χ0v) is 23.7. The number of carbonyl (C=O) groups excluding carboxylic acids is 2. The first-order valence-corrected chi connectivity index (χ1v) is 14.6. The van der Waals surface area contributed by atoms with E-state index in [0.29, 0.717) is 29.4 Å². The van der Waals surface area contributed by atoms with Crippen LogP contribution in [0.1, 0.15) is 37.9 Å². The summed E-state index contributed by atoms with van der Waals surface area (Å²) in [5.41, 5.74) is 4.38. The van der Waals surface area contributed by atoms with Gasteiger partial charge >= 0.3 is 0 Å². The summed E-state index contributed by atoms with van der Waals surface area (Å²) in [5.74, 6) is 0.244. The van der Waals surface area contributed by atoms with Crippen LogP contribution in [0.3, 0.4) is 0 Å². The van der Waals surface area contributed by atoms with E-state index in [0.717, 1.165) is 16.1 Å². The standard InChI is InChI=1S/C29H34N4O6S/c1-5-38-26-17-13-25(14-18-26)33(40(4,36)37)22(3)29(35)32-30-19-23-11-15-27(16-12-23)39-20-28(34)31-21(2)24-9-7-6-8-10-24/h6-19,21-22H,5,20H2,1-4H3,(H,31,34)(H,32,35)/b30-19-/t21-,22+/m0/s1. The van der Waals surface area contributed by atoms with Crippen LogP contribution in [0.5, 0.6) is 11.5 Å². The molecule has 0 saturated heterocycles. The maximum atomic E-state index is 12.7. The van der Waals surface area contributed by atoms with Gasteiger partial charge in [0.2, 0.25) is 10.0 Å². The molecule has 0 saturated carbocycles. The number of rotatable bonds is 13. The van der Waals surface area contributed by atoms with Gasteiger partial charge in [0.15, 0.2) is 6.61 Å². The minimum atomic E-state index is -3.76. The summed E-state index contributed by atoms with van der Waals surface area (Å²) < 4.78 is 36.9. The van der Waals surface area contributed by atoms with E-state index < -0.39 is 22.0 Å². The molecule has 0 spiro atoms. The second kappa shape index (κ2) is 14.1. The van der Waals surface area contributed by atoms with Gasteiger partial charge in [0, 0.05) is 0 Å². The van der Waals surface area contributed by atoms with Crippen molar-refractivity contribution in [3.05, 3.63) is 90.0 Å². The molecule has 0 aliphatic rings. The van der Waals surface area contributed by atoms with Gasteiger partial charge in [-0.25, -0.2) is 13.8 Å². The average Bonchev–Trinajstić information content (AvgIpc) is 2.93. The van der Waals surface area contributed by atoms with E-state index in [9.17, 15) is 18.0 Å². The molecule has 0 radical (unpaired) electrons. The van der Waals surface area contributed by atoms with Crippen LogP contribution >= 0.6 is 0 Å². The normalized spacial score (nSPS) is 12.8. The molecule has 0 fully saturated rings. The number of nitrogens with one attached hydrogen (secondary N) is 2. The summed E-state index contributed by atoms with van der Waals surface area (Å²) in [5, 5.41) is 6.84. The Morgan fingerprint density at radius 2 is 1.52 bits per heavy atom. The quantitative estimate of drug-likeness (QED) is 0.240. The monoisotopic (exact) mass is 566 g/mol. The topological polar surface area (TPSA) is 126 Å². The van der Waals surface area contributed by atoms with Crippen molar-refractivity contribution in [1.29, 1.82) is 0 Å². The predicted octanol–water partition coefficient (Wildman–Crippen LogP) is 3.65. The van der Waals surface area contributed by atoms with Crippen LogP contribution in [0.15, 0.2) is 84.0 Å². The molecule has 2 amide bonds. The zero-order chi connectivity index (χ0) is 29.1. The number of hydrazone groups is 1. The van der Waals surface area contributed by atoms with Crippen LogP contribution in [0.4, 0.5) is 5.69 Å². The van der Waals surface area contributed by atoms with Gasteiger partial charge in [0.05, 0.1) is 30.8 Å². The fourth-order valence-electron chi connectivity index (χ4n) is 3.84. The number of amides is 2. The third-order valence-corrected chi connectivity index (χ3v) is 7.05. The molecular weight excluding hydrogens is 532 g/mol. The molecule has 11 heteroatoms. The lowest BCUT2D eigenvalue weighted by atomic mass is 10.1. The molecule has 3 aromatic carbocycles. The van der Waals surface area contributed by atoms with Gasteiger partial charge in [0.25, 0.3) is 11.8 Å². The van der Waals surface area contributed by atoms with E-state index in [1.54, 1.807) is 48.5 Å². The first-order valence-electron chi connectivity index (χ1n) is 12.7. The van der Waals surface area contributed by atoms with Crippen molar-refractivity contribution < 1.29 is 27.5 Å². The molecule has 0 aliphatic carbocycles. The number of anilines is 1. The Kier molecular flexibility index (Phi) is 10.7. The zero-order valence-electron chi connectivity index (χ0n) is 22.9. The molecule has 2 N–H and O–H groups in total. The summed E-state index contributed by atoms with van der Waals surface area (Å²) in [6.45, 7) is 5.57. The summed E-state index contributed by atoms with van der Waals surface area (Å²) in [7, 11) is -3.76. The second-order valence-corrected chi connectivity index (χ2v) is 10.8. The Bertz CT molecular complexity index is 1390. The fourth-order valence-corrected chi connectivity index (χ4v) is 5.01. The highest BCUT2D eigenvalue weighted by Crippen LogP contribution is 2.24. The summed E-state index contributed by atoms with van der Waals surface area (Å²) in [6, 6.07) is 21.7. The van der Waals surface area contributed by atoms with Crippen LogP contribution in [-0.2, 0) is 19.6 Å². The van der Waals surface area contributed by atoms with E-state index in [1.165, 1.54) is 13.1 Å². The van der Waals surface area contributed by atoms with Crippen LogP contribution in [0, 0.1) is 0 Å². The molecule has 40 heavy (non-hydrogen) atoms. The van der Waals surface area contributed by atoms with Gasteiger partial charge < -0.3 is 14.8 Å². The van der Waals surface area contributed by atoms with Crippen molar-refractivity contribution in [3.8, 4) is 11.5 Å². The van der Waals surface area contributed by atoms with Crippen LogP contribution < -0.4 is 24.5 Å². The molecule has 0 aromatic heterocycles. The number of benzene rings is 3. The molecule has 2 atom stereocenters. The van der Waals surface area contributed by atoms with Crippen LogP contribution in [-0.4, -0.2) is 52.0 Å². The van der Waals surface area contributed by atoms with E-state index in [1.807, 2.05) is 44.2 Å². The van der Waals surface area contributed by atoms with Gasteiger partial charge in [0.1, 0.15) is 17.5 Å². The number of nitrogens with zero attached hydrogens (tertiary/aromatic N) is 2. The van der Waals surface area contributed by atoms with Crippen molar-refractivity contribution in [2.75, 3.05) is 23.8 Å². The lowest BCUT2D eigenvalue weighted by molar-refractivity contribution is -0.124. The first kappa shape index (κ1) is 30.2. The summed E-state index contributed by atoms with van der Waals surface area (Å²) in [4.78, 5) is 24.9. The lowest BCUT2D eigenvalue weighted by Gasteiger charge is -2.27. The van der Waals surface area contributed by atoms with Gasteiger partial charge in [-0.15, -0.1) is 0 Å². The smallest absolute Gasteiger partial charge is 0.263 e. The largest absolute Gasteiger partial charge is 0.494 e. The molecule has 3 rings (SSSR count). The molecule has 0 heterocycles. The van der Waals surface area contributed by atoms with Gasteiger partial charge in [-0.2, -0.15) is 5.10 Å². The maximum absolute atomic E-state index is 12.7. The number of hydrogen-bond acceptors (Lipinski definition) is 7. The average molecular weight is 567 g/mol. The summed E-state index contributed by atoms with van der Waals surface area (Å²) in [6.07, 6.45) is 2.46. The lowest BCUT2D eigenvalue weighted by Crippen LogP contribution is -2.46. The molecule has 0 bridgehead atoms. The number of carbonyl (C=O) groups is 2. The molecule has 212 valence electrons.